The highest BCUT2D eigenvalue weighted by atomic mass is 16.7. The number of nitrogens with one attached hydrogen (secondary N) is 1. The summed E-state index contributed by atoms with van der Waals surface area (Å²) in [4.78, 5) is 13.3. The standard InChI is InChI=1S/C72H131NO13/c1-3-5-7-9-11-13-15-17-19-21-23-24-25-26-27-28-29-30-31-32-33-34-35-36-38-40-42-44-46-48-50-52-54-56-64(77)73-60(61(76)55-53-51-49-47-45-43-41-39-37-22-20-18-16-14-12-10-8-6-4-2)59-83-71-69(82)67(80)70(63(58-75)85-71)86-72-68(81)66(79)65(78)62(57-74)84-72/h15,17,21,23,25-26,45,47,53,55,60-63,65-72,74-76,78-82H,3-14,16,18-20,22,24,27-44,46,48-52,54,56-59H2,1-2H3,(H,73,77)/b17-15-,23-21-,26-25-,47-45+,55-53+. The van der Waals surface area contributed by atoms with Gasteiger partial charge in [0.15, 0.2) is 12.6 Å². The minimum atomic E-state index is -1.79. The van der Waals surface area contributed by atoms with Gasteiger partial charge in [0.25, 0.3) is 0 Å². The van der Waals surface area contributed by atoms with E-state index < -0.39 is 86.8 Å². The molecule has 14 heteroatoms. The van der Waals surface area contributed by atoms with Gasteiger partial charge in [-0.15, -0.1) is 0 Å². The third kappa shape index (κ3) is 40.4. The second-order valence-corrected chi connectivity index (χ2v) is 25.0. The Morgan fingerprint density at radius 3 is 1.22 bits per heavy atom. The molecule has 0 spiro atoms. The lowest BCUT2D eigenvalue weighted by molar-refractivity contribution is -0.359. The van der Waals surface area contributed by atoms with Crippen molar-refractivity contribution in [1.82, 2.24) is 5.32 Å². The molecule has 0 radical (unpaired) electrons. The minimum Gasteiger partial charge on any atom is -0.394 e. The molecule has 2 fully saturated rings. The lowest BCUT2D eigenvalue weighted by Crippen LogP contribution is -2.65. The Morgan fingerprint density at radius 2 is 0.779 bits per heavy atom. The second kappa shape index (κ2) is 56.7. The van der Waals surface area contributed by atoms with Crippen LogP contribution in [0.3, 0.4) is 0 Å². The fourth-order valence-corrected chi connectivity index (χ4v) is 11.5. The molecule has 9 N–H and O–H groups in total. The molecule has 86 heavy (non-hydrogen) atoms. The number of unbranched alkanes of at least 4 members (excludes halogenated alkanes) is 37. The van der Waals surface area contributed by atoms with Crippen LogP contribution in [-0.2, 0) is 23.7 Å². The predicted octanol–water partition coefficient (Wildman–Crippen LogP) is 14.5. The van der Waals surface area contributed by atoms with Gasteiger partial charge in [-0.25, -0.2) is 0 Å². The summed E-state index contributed by atoms with van der Waals surface area (Å²) in [7, 11) is 0. The predicted molar refractivity (Wildman–Crippen MR) is 350 cm³/mol. The number of allylic oxidation sites excluding steroid dienone is 9. The van der Waals surface area contributed by atoms with E-state index in [-0.39, 0.29) is 18.9 Å². The summed E-state index contributed by atoms with van der Waals surface area (Å²) in [5.74, 6) is -0.246. The number of ether oxygens (including phenoxy) is 4. The van der Waals surface area contributed by atoms with Crippen molar-refractivity contribution in [3.63, 3.8) is 0 Å². The Hall–Kier alpha value is -2.31. The molecule has 1 amide bonds. The lowest BCUT2D eigenvalue weighted by Gasteiger charge is -2.46. The molecule has 0 aromatic carbocycles. The molecule has 12 atom stereocenters. The van der Waals surface area contributed by atoms with E-state index in [9.17, 15) is 45.6 Å². The molecule has 2 heterocycles. The van der Waals surface area contributed by atoms with Gasteiger partial charge in [-0.05, 0) is 70.6 Å². The normalized spacial score (nSPS) is 23.7. The van der Waals surface area contributed by atoms with E-state index >= 15 is 0 Å². The lowest BCUT2D eigenvalue weighted by atomic mass is 9.97. The Labute approximate surface area is 524 Å². The molecule has 0 aromatic heterocycles. The third-order valence-electron chi connectivity index (χ3n) is 17.2. The van der Waals surface area contributed by atoms with Crippen LogP contribution in [0.2, 0.25) is 0 Å². The Morgan fingerprint density at radius 1 is 0.419 bits per heavy atom. The number of rotatable bonds is 58. The van der Waals surface area contributed by atoms with Gasteiger partial charge >= 0.3 is 0 Å². The van der Waals surface area contributed by atoms with E-state index in [4.69, 9.17) is 18.9 Å². The highest BCUT2D eigenvalue weighted by Gasteiger charge is 2.51. The Kier molecular flexibility index (Phi) is 52.6. The maximum atomic E-state index is 13.3. The average molecular weight is 1220 g/mol. The first kappa shape index (κ1) is 79.8. The van der Waals surface area contributed by atoms with Crippen molar-refractivity contribution in [3.8, 4) is 0 Å². The molecular weight excluding hydrogens is 1090 g/mol. The van der Waals surface area contributed by atoms with E-state index in [1.165, 1.54) is 218 Å². The largest absolute Gasteiger partial charge is 0.394 e. The number of hydrogen-bond donors (Lipinski definition) is 9. The van der Waals surface area contributed by atoms with Crippen LogP contribution < -0.4 is 5.32 Å². The van der Waals surface area contributed by atoms with Gasteiger partial charge in [0.1, 0.15) is 48.8 Å². The fraction of sp³-hybridized carbons (Fsp3) is 0.847. The average Bonchev–Trinajstić information content (AvgIpc) is 2.63. The van der Waals surface area contributed by atoms with Crippen molar-refractivity contribution in [2.45, 2.75) is 370 Å². The summed E-state index contributed by atoms with van der Waals surface area (Å²) in [6, 6.07) is -0.933. The maximum Gasteiger partial charge on any atom is 0.220 e. The number of carbonyl (C=O) groups excluding carboxylic acids is 1. The van der Waals surface area contributed by atoms with Crippen LogP contribution in [-0.4, -0.2) is 140 Å². The minimum absolute atomic E-state index is 0.246. The highest BCUT2D eigenvalue weighted by molar-refractivity contribution is 5.76. The van der Waals surface area contributed by atoms with Crippen molar-refractivity contribution >= 4 is 5.91 Å². The topological polar surface area (TPSA) is 228 Å². The quantitative estimate of drug-likeness (QED) is 0.0204. The van der Waals surface area contributed by atoms with E-state index in [1.807, 2.05) is 6.08 Å². The summed E-state index contributed by atoms with van der Waals surface area (Å²) < 4.78 is 22.8. The smallest absolute Gasteiger partial charge is 0.220 e. The molecule has 14 nitrogen and oxygen atoms in total. The van der Waals surface area contributed by atoms with Crippen molar-refractivity contribution in [2.75, 3.05) is 19.8 Å². The fourth-order valence-electron chi connectivity index (χ4n) is 11.5. The van der Waals surface area contributed by atoms with Crippen LogP contribution in [0, 0.1) is 0 Å². The van der Waals surface area contributed by atoms with Gasteiger partial charge in [0.05, 0.1) is 32.0 Å². The molecule has 2 saturated heterocycles. The number of hydrogen-bond acceptors (Lipinski definition) is 13. The van der Waals surface area contributed by atoms with Crippen molar-refractivity contribution in [1.29, 1.82) is 0 Å². The van der Waals surface area contributed by atoms with Gasteiger partial charge in [-0.3, -0.25) is 4.79 Å². The van der Waals surface area contributed by atoms with Gasteiger partial charge in [-0.1, -0.05) is 280 Å². The van der Waals surface area contributed by atoms with Crippen LogP contribution in [0.4, 0.5) is 0 Å². The monoisotopic (exact) mass is 1220 g/mol. The zero-order valence-electron chi connectivity index (χ0n) is 54.6. The molecule has 2 rings (SSSR count). The molecule has 12 unspecified atom stereocenters. The van der Waals surface area contributed by atoms with Crippen molar-refractivity contribution in [3.05, 3.63) is 60.8 Å². The molecule has 0 aliphatic carbocycles. The summed E-state index contributed by atoms with van der Waals surface area (Å²) in [6.07, 6.45) is 58.5. The molecule has 0 bridgehead atoms. The first-order chi connectivity index (χ1) is 42.1. The summed E-state index contributed by atoms with van der Waals surface area (Å²) >= 11 is 0. The molecule has 2 aliphatic heterocycles. The Bertz CT molecular complexity index is 1670. The molecule has 2 aliphatic rings. The van der Waals surface area contributed by atoms with Crippen molar-refractivity contribution in [2.24, 2.45) is 0 Å². The van der Waals surface area contributed by atoms with E-state index in [2.05, 4.69) is 67.8 Å². The molecule has 0 saturated carbocycles. The zero-order valence-corrected chi connectivity index (χ0v) is 54.6. The van der Waals surface area contributed by atoms with E-state index in [1.54, 1.807) is 6.08 Å². The summed E-state index contributed by atoms with van der Waals surface area (Å²) in [5.41, 5.74) is 0. The van der Waals surface area contributed by atoms with E-state index in [0.717, 1.165) is 44.9 Å². The third-order valence-corrected chi connectivity index (χ3v) is 17.2. The van der Waals surface area contributed by atoms with Gasteiger partial charge in [-0.2, -0.15) is 0 Å². The first-order valence-corrected chi connectivity index (χ1v) is 35.5. The van der Waals surface area contributed by atoms with Gasteiger partial charge in [0, 0.05) is 6.42 Å². The van der Waals surface area contributed by atoms with Gasteiger partial charge in [0.2, 0.25) is 5.91 Å². The van der Waals surface area contributed by atoms with Crippen LogP contribution in [0.15, 0.2) is 60.8 Å². The van der Waals surface area contributed by atoms with Crippen LogP contribution in [0.5, 0.6) is 0 Å². The number of carbonyl (C=O) groups is 1. The van der Waals surface area contributed by atoms with Crippen molar-refractivity contribution < 1.29 is 64.6 Å². The van der Waals surface area contributed by atoms with Crippen LogP contribution in [0.25, 0.3) is 0 Å². The van der Waals surface area contributed by atoms with Crippen LogP contribution in [0.1, 0.15) is 296 Å². The second-order valence-electron chi connectivity index (χ2n) is 25.0. The SMILES string of the molecule is CCCCCCC/C=C\C/C=C\C/C=C\CCCCCCCCCCCCCCCCCCCCC(=O)NC(COC1OC(CO)C(OC2OC(CO)C(O)C(O)C2O)C(O)C1O)C(O)/C=C/CC/C=C/CCCCCCCCCCCCCCC. The highest BCUT2D eigenvalue weighted by Crippen LogP contribution is 2.30. The number of amides is 1. The van der Waals surface area contributed by atoms with E-state index in [0.29, 0.717) is 12.8 Å². The van der Waals surface area contributed by atoms with Gasteiger partial charge < -0.3 is 65.1 Å². The Balaban J connectivity index is 1.65. The molecular formula is C72H131NO13. The van der Waals surface area contributed by atoms with Crippen LogP contribution >= 0.6 is 0 Å². The zero-order chi connectivity index (χ0) is 62.3. The summed E-state index contributed by atoms with van der Waals surface area (Å²) in [5, 5.41) is 87.4. The molecule has 0 aromatic rings. The summed E-state index contributed by atoms with van der Waals surface area (Å²) in [6.45, 7) is 2.80. The molecule has 502 valence electrons. The first-order valence-electron chi connectivity index (χ1n) is 35.5. The maximum absolute atomic E-state index is 13.3. The number of aliphatic hydroxyl groups is 8. The number of aliphatic hydroxyl groups excluding tert-OH is 8.